The first-order valence-electron chi connectivity index (χ1n) is 5.91. The predicted octanol–water partition coefficient (Wildman–Crippen LogP) is 3.35. The van der Waals surface area contributed by atoms with Gasteiger partial charge in [0, 0.05) is 24.7 Å². The molecule has 6 heteroatoms. The molecule has 20 heavy (non-hydrogen) atoms. The fourth-order valence-electron chi connectivity index (χ4n) is 1.74. The quantitative estimate of drug-likeness (QED) is 0.671. The molecule has 2 aromatic carbocycles. The Balaban J connectivity index is 2.12. The number of rotatable bonds is 5. The van der Waals surface area contributed by atoms with Crippen LogP contribution in [0.3, 0.4) is 0 Å². The molecule has 0 radical (unpaired) electrons. The molecule has 1 N–H and O–H groups in total. The molecule has 0 fully saturated rings. The number of non-ortho nitro benzene ring substituents is 1. The van der Waals surface area contributed by atoms with Crippen molar-refractivity contribution in [3.63, 3.8) is 0 Å². The number of nitro benzene ring substituents is 1. The van der Waals surface area contributed by atoms with Crippen LogP contribution in [-0.4, -0.2) is 12.0 Å². The van der Waals surface area contributed by atoms with E-state index < -0.39 is 10.7 Å². The number of methoxy groups -OCH3 is 1. The maximum Gasteiger partial charge on any atom is 0.269 e. The molecular weight excluding hydrogens is 263 g/mol. The van der Waals surface area contributed by atoms with E-state index in [9.17, 15) is 14.5 Å². The zero-order valence-corrected chi connectivity index (χ0v) is 10.8. The summed E-state index contributed by atoms with van der Waals surface area (Å²) in [5, 5.41) is 13.6. The number of nitro groups is 1. The van der Waals surface area contributed by atoms with E-state index in [0.29, 0.717) is 11.3 Å². The van der Waals surface area contributed by atoms with Gasteiger partial charge in [0.05, 0.1) is 17.7 Å². The van der Waals surface area contributed by atoms with E-state index in [1.54, 1.807) is 12.1 Å². The highest BCUT2D eigenvalue weighted by molar-refractivity contribution is 5.50. The number of anilines is 1. The lowest BCUT2D eigenvalue weighted by Crippen LogP contribution is -2.02. The van der Waals surface area contributed by atoms with Crippen LogP contribution in [0.1, 0.15) is 5.56 Å². The van der Waals surface area contributed by atoms with Crippen LogP contribution in [0.5, 0.6) is 5.75 Å². The summed E-state index contributed by atoms with van der Waals surface area (Å²) < 4.78 is 18.6. The highest BCUT2D eigenvalue weighted by Crippen LogP contribution is 2.22. The Hall–Kier alpha value is -2.63. The summed E-state index contributed by atoms with van der Waals surface area (Å²) in [7, 11) is 1.50. The summed E-state index contributed by atoms with van der Waals surface area (Å²) in [5.41, 5.74) is 0.993. The second kappa shape index (κ2) is 6.01. The number of hydrogen-bond donors (Lipinski definition) is 1. The Bertz CT molecular complexity index is 632. The van der Waals surface area contributed by atoms with Crippen molar-refractivity contribution < 1.29 is 14.1 Å². The van der Waals surface area contributed by atoms with E-state index >= 15 is 0 Å². The lowest BCUT2D eigenvalue weighted by atomic mass is 10.2. The zero-order valence-electron chi connectivity index (χ0n) is 10.8. The monoisotopic (exact) mass is 276 g/mol. The van der Waals surface area contributed by atoms with Gasteiger partial charge in [-0.25, -0.2) is 4.39 Å². The third kappa shape index (κ3) is 3.23. The van der Waals surface area contributed by atoms with Crippen LogP contribution in [-0.2, 0) is 6.54 Å². The molecule has 0 atom stereocenters. The molecule has 0 unspecified atom stereocenters. The van der Waals surface area contributed by atoms with Crippen LogP contribution in [0.15, 0.2) is 42.5 Å². The maximum atomic E-state index is 13.6. The molecule has 0 aliphatic rings. The highest BCUT2D eigenvalue weighted by Gasteiger charge is 2.07. The summed E-state index contributed by atoms with van der Waals surface area (Å²) in [4.78, 5) is 10.2. The highest BCUT2D eigenvalue weighted by atomic mass is 19.1. The van der Waals surface area contributed by atoms with Gasteiger partial charge in [0.25, 0.3) is 5.69 Å². The smallest absolute Gasteiger partial charge is 0.269 e. The zero-order chi connectivity index (χ0) is 14.5. The molecule has 0 heterocycles. The normalized spacial score (nSPS) is 10.1. The molecule has 0 bridgehead atoms. The summed E-state index contributed by atoms with van der Waals surface area (Å²) in [5.74, 6) is 0.129. The Morgan fingerprint density at radius 1 is 1.30 bits per heavy atom. The minimum Gasteiger partial charge on any atom is -0.497 e. The van der Waals surface area contributed by atoms with Crippen LogP contribution in [0.2, 0.25) is 0 Å². The largest absolute Gasteiger partial charge is 0.497 e. The molecule has 2 aromatic rings. The van der Waals surface area contributed by atoms with Gasteiger partial charge in [-0.05, 0) is 17.7 Å². The lowest BCUT2D eigenvalue weighted by molar-refractivity contribution is -0.384. The van der Waals surface area contributed by atoms with E-state index in [4.69, 9.17) is 4.74 Å². The Morgan fingerprint density at radius 2 is 2.10 bits per heavy atom. The number of halogens is 1. The molecule has 0 aliphatic heterocycles. The number of nitrogens with one attached hydrogen (secondary N) is 1. The topological polar surface area (TPSA) is 64.4 Å². The minimum atomic E-state index is -0.463. The van der Waals surface area contributed by atoms with Gasteiger partial charge in [-0.2, -0.15) is 0 Å². The van der Waals surface area contributed by atoms with Gasteiger partial charge < -0.3 is 10.1 Å². The van der Waals surface area contributed by atoms with E-state index in [1.165, 1.54) is 37.4 Å². The Morgan fingerprint density at radius 3 is 2.80 bits per heavy atom. The Labute approximate surface area is 115 Å². The van der Waals surface area contributed by atoms with Crippen LogP contribution in [0.25, 0.3) is 0 Å². The summed E-state index contributed by atoms with van der Waals surface area (Å²) in [6.45, 7) is 0.283. The molecule has 2 rings (SSSR count). The van der Waals surface area contributed by atoms with Gasteiger partial charge in [-0.15, -0.1) is 0 Å². The van der Waals surface area contributed by atoms with E-state index in [-0.39, 0.29) is 17.9 Å². The van der Waals surface area contributed by atoms with Crippen molar-refractivity contribution in [3.05, 3.63) is 64.0 Å². The third-order valence-electron chi connectivity index (χ3n) is 2.78. The average molecular weight is 276 g/mol. The van der Waals surface area contributed by atoms with Crippen molar-refractivity contribution in [2.75, 3.05) is 12.4 Å². The first-order valence-corrected chi connectivity index (χ1v) is 5.91. The molecule has 0 amide bonds. The standard InChI is InChI=1S/C14H13FN2O3/c1-20-12-5-6-13(15)14(8-12)16-9-10-3-2-4-11(7-10)17(18)19/h2-8,16H,9H2,1H3. The van der Waals surface area contributed by atoms with E-state index in [2.05, 4.69) is 5.32 Å². The predicted molar refractivity (Wildman–Crippen MR) is 73.4 cm³/mol. The minimum absolute atomic E-state index is 0.00964. The van der Waals surface area contributed by atoms with Crippen molar-refractivity contribution >= 4 is 11.4 Å². The molecule has 0 spiro atoms. The molecule has 0 saturated heterocycles. The van der Waals surface area contributed by atoms with Gasteiger partial charge in [0.2, 0.25) is 0 Å². The summed E-state index contributed by atoms with van der Waals surface area (Å²) in [6, 6.07) is 10.5. The van der Waals surface area contributed by atoms with Crippen LogP contribution >= 0.6 is 0 Å². The lowest BCUT2D eigenvalue weighted by Gasteiger charge is -2.09. The van der Waals surface area contributed by atoms with Crippen LogP contribution in [0.4, 0.5) is 15.8 Å². The first kappa shape index (κ1) is 13.8. The molecule has 0 aromatic heterocycles. The molecule has 104 valence electrons. The van der Waals surface area contributed by atoms with E-state index in [0.717, 1.165) is 0 Å². The van der Waals surface area contributed by atoms with Gasteiger partial charge in [0.15, 0.2) is 0 Å². The average Bonchev–Trinajstić information content (AvgIpc) is 2.46. The SMILES string of the molecule is COc1ccc(F)c(NCc2cccc([N+](=O)[O-])c2)c1. The summed E-state index contributed by atoms with van der Waals surface area (Å²) >= 11 is 0. The van der Waals surface area contributed by atoms with Gasteiger partial charge >= 0.3 is 0 Å². The number of benzene rings is 2. The molecular formula is C14H13FN2O3. The third-order valence-corrected chi connectivity index (χ3v) is 2.78. The van der Waals surface area contributed by atoms with Gasteiger partial charge in [-0.1, -0.05) is 12.1 Å². The summed E-state index contributed by atoms with van der Waals surface area (Å²) in [6.07, 6.45) is 0. The second-order valence-corrected chi connectivity index (χ2v) is 4.13. The molecule has 5 nitrogen and oxygen atoms in total. The maximum absolute atomic E-state index is 13.6. The fraction of sp³-hybridized carbons (Fsp3) is 0.143. The van der Waals surface area contributed by atoms with E-state index in [1.807, 2.05) is 0 Å². The van der Waals surface area contributed by atoms with Crippen molar-refractivity contribution in [1.29, 1.82) is 0 Å². The Kier molecular flexibility index (Phi) is 4.14. The van der Waals surface area contributed by atoms with Crippen LogP contribution < -0.4 is 10.1 Å². The van der Waals surface area contributed by atoms with Crippen molar-refractivity contribution in [1.82, 2.24) is 0 Å². The number of hydrogen-bond acceptors (Lipinski definition) is 4. The number of nitrogens with zero attached hydrogens (tertiary/aromatic N) is 1. The van der Waals surface area contributed by atoms with Crippen molar-refractivity contribution in [2.24, 2.45) is 0 Å². The van der Waals surface area contributed by atoms with Crippen molar-refractivity contribution in [3.8, 4) is 5.75 Å². The van der Waals surface area contributed by atoms with Gasteiger partial charge in [0.1, 0.15) is 11.6 Å². The van der Waals surface area contributed by atoms with Crippen molar-refractivity contribution in [2.45, 2.75) is 6.54 Å². The molecule has 0 saturated carbocycles. The second-order valence-electron chi connectivity index (χ2n) is 4.13. The van der Waals surface area contributed by atoms with Gasteiger partial charge in [-0.3, -0.25) is 10.1 Å². The first-order chi connectivity index (χ1) is 9.60. The fourth-order valence-corrected chi connectivity index (χ4v) is 1.74. The molecule has 0 aliphatic carbocycles. The number of ether oxygens (including phenoxy) is 1. The van der Waals surface area contributed by atoms with Crippen LogP contribution in [0, 0.1) is 15.9 Å².